The van der Waals surface area contributed by atoms with Crippen LogP contribution in [-0.2, 0) is 10.0 Å². The van der Waals surface area contributed by atoms with E-state index in [2.05, 4.69) is 15.1 Å². The molecular weight excluding hydrogens is 352 g/mol. The van der Waals surface area contributed by atoms with Crippen molar-refractivity contribution in [3.05, 3.63) is 29.3 Å². The molecular formula is C18H30N4O3S. The molecule has 146 valence electrons. The number of carbonyl (C=O) groups is 1. The van der Waals surface area contributed by atoms with Crippen LogP contribution < -0.4 is 5.32 Å². The van der Waals surface area contributed by atoms with Gasteiger partial charge in [0.1, 0.15) is 0 Å². The maximum absolute atomic E-state index is 12.9. The molecule has 0 atom stereocenters. The van der Waals surface area contributed by atoms with Gasteiger partial charge in [0.2, 0.25) is 10.0 Å². The first-order valence-corrected chi connectivity index (χ1v) is 10.4. The molecule has 1 heterocycles. The van der Waals surface area contributed by atoms with Gasteiger partial charge in [-0.3, -0.25) is 4.79 Å². The molecule has 2 rings (SSSR count). The molecule has 1 amide bonds. The van der Waals surface area contributed by atoms with Crippen LogP contribution in [0.2, 0.25) is 0 Å². The molecule has 0 aromatic heterocycles. The first-order chi connectivity index (χ1) is 12.2. The summed E-state index contributed by atoms with van der Waals surface area (Å²) < 4.78 is 27.3. The van der Waals surface area contributed by atoms with Gasteiger partial charge in [0.25, 0.3) is 5.91 Å². The van der Waals surface area contributed by atoms with Gasteiger partial charge >= 0.3 is 0 Å². The number of hydrogen-bond donors (Lipinski definition) is 1. The van der Waals surface area contributed by atoms with Gasteiger partial charge in [0.15, 0.2) is 0 Å². The number of piperazine rings is 1. The maximum Gasteiger partial charge on any atom is 0.251 e. The highest BCUT2D eigenvalue weighted by Crippen LogP contribution is 2.20. The SMILES string of the molecule is Cc1ccc(S(=O)(=O)N2CCN(C)CC2)cc1C(=O)NCCCN(C)C. The van der Waals surface area contributed by atoms with Gasteiger partial charge in [-0.2, -0.15) is 4.31 Å². The second-order valence-electron chi connectivity index (χ2n) is 7.10. The lowest BCUT2D eigenvalue weighted by Crippen LogP contribution is -2.47. The molecule has 0 spiro atoms. The van der Waals surface area contributed by atoms with Gasteiger partial charge < -0.3 is 15.1 Å². The Morgan fingerprint density at radius 2 is 1.85 bits per heavy atom. The van der Waals surface area contributed by atoms with Crippen LogP contribution in [0.25, 0.3) is 0 Å². The van der Waals surface area contributed by atoms with E-state index in [0.29, 0.717) is 38.3 Å². The second-order valence-corrected chi connectivity index (χ2v) is 9.03. The van der Waals surface area contributed by atoms with Crippen molar-refractivity contribution in [1.82, 2.24) is 19.4 Å². The summed E-state index contributed by atoms with van der Waals surface area (Å²) in [6.45, 7) is 5.64. The Kier molecular flexibility index (Phi) is 7.16. The number of likely N-dealkylation sites (N-methyl/N-ethyl adjacent to an activating group) is 1. The number of nitrogens with one attached hydrogen (secondary N) is 1. The zero-order valence-corrected chi connectivity index (χ0v) is 17.0. The van der Waals surface area contributed by atoms with Gasteiger partial charge in [-0.05, 0) is 58.7 Å². The molecule has 0 radical (unpaired) electrons. The number of aryl methyl sites for hydroxylation is 1. The smallest absolute Gasteiger partial charge is 0.251 e. The van der Waals surface area contributed by atoms with Crippen LogP contribution in [-0.4, -0.2) is 88.8 Å². The predicted octanol–water partition coefficient (Wildman–Crippen LogP) is 0.613. The van der Waals surface area contributed by atoms with E-state index >= 15 is 0 Å². The van der Waals surface area contributed by atoms with Gasteiger partial charge in [-0.15, -0.1) is 0 Å². The molecule has 1 aromatic rings. The molecule has 0 aliphatic carbocycles. The summed E-state index contributed by atoms with van der Waals surface area (Å²) in [6.07, 6.45) is 0.844. The summed E-state index contributed by atoms with van der Waals surface area (Å²) in [5.74, 6) is -0.225. The summed E-state index contributed by atoms with van der Waals surface area (Å²) in [6, 6.07) is 4.80. The van der Waals surface area contributed by atoms with Gasteiger partial charge in [-0.25, -0.2) is 8.42 Å². The van der Waals surface area contributed by atoms with Crippen molar-refractivity contribution in [2.45, 2.75) is 18.2 Å². The highest BCUT2D eigenvalue weighted by atomic mass is 32.2. The largest absolute Gasteiger partial charge is 0.352 e. The zero-order chi connectivity index (χ0) is 19.3. The van der Waals surface area contributed by atoms with Crippen LogP contribution in [0, 0.1) is 6.92 Å². The highest BCUT2D eigenvalue weighted by molar-refractivity contribution is 7.89. The minimum Gasteiger partial charge on any atom is -0.352 e. The Balaban J connectivity index is 2.12. The van der Waals surface area contributed by atoms with E-state index in [1.165, 1.54) is 10.4 Å². The third-order valence-corrected chi connectivity index (χ3v) is 6.52. The maximum atomic E-state index is 12.9. The van der Waals surface area contributed by atoms with E-state index in [4.69, 9.17) is 0 Å². The number of benzene rings is 1. The zero-order valence-electron chi connectivity index (χ0n) is 16.2. The van der Waals surface area contributed by atoms with Crippen LogP contribution >= 0.6 is 0 Å². The van der Waals surface area contributed by atoms with E-state index in [0.717, 1.165) is 18.5 Å². The average Bonchev–Trinajstić information content (AvgIpc) is 2.59. The van der Waals surface area contributed by atoms with E-state index < -0.39 is 10.0 Å². The highest BCUT2D eigenvalue weighted by Gasteiger charge is 2.28. The van der Waals surface area contributed by atoms with Crippen LogP contribution in [0.4, 0.5) is 0 Å². The molecule has 1 aliphatic heterocycles. The van der Waals surface area contributed by atoms with E-state index in [1.54, 1.807) is 12.1 Å². The number of nitrogens with zero attached hydrogens (tertiary/aromatic N) is 3. The van der Waals surface area contributed by atoms with Crippen molar-refractivity contribution in [1.29, 1.82) is 0 Å². The van der Waals surface area contributed by atoms with E-state index in [1.807, 2.05) is 28.1 Å². The minimum atomic E-state index is -3.57. The third kappa shape index (κ3) is 5.26. The monoisotopic (exact) mass is 382 g/mol. The van der Waals surface area contributed by atoms with Gasteiger partial charge in [-0.1, -0.05) is 6.07 Å². The van der Waals surface area contributed by atoms with E-state index in [9.17, 15) is 13.2 Å². The molecule has 1 saturated heterocycles. The van der Waals surface area contributed by atoms with Crippen LogP contribution in [0.3, 0.4) is 0 Å². The van der Waals surface area contributed by atoms with Crippen molar-refractivity contribution in [2.75, 3.05) is 60.4 Å². The minimum absolute atomic E-state index is 0.186. The first kappa shape index (κ1) is 20.8. The molecule has 1 fully saturated rings. The fourth-order valence-electron chi connectivity index (χ4n) is 2.88. The number of sulfonamides is 1. The summed E-state index contributed by atoms with van der Waals surface area (Å²) >= 11 is 0. The van der Waals surface area contributed by atoms with Gasteiger partial charge in [0, 0.05) is 38.3 Å². The number of amides is 1. The molecule has 0 bridgehead atoms. The summed E-state index contributed by atoms with van der Waals surface area (Å²) in [5, 5.41) is 2.88. The van der Waals surface area contributed by atoms with Crippen molar-refractivity contribution in [3.63, 3.8) is 0 Å². The quantitative estimate of drug-likeness (QED) is 0.700. The Labute approximate surface area is 157 Å². The third-order valence-electron chi connectivity index (χ3n) is 4.62. The summed E-state index contributed by atoms with van der Waals surface area (Å²) in [7, 11) is 2.38. The molecule has 0 unspecified atom stereocenters. The molecule has 0 saturated carbocycles. The summed E-state index contributed by atoms with van der Waals surface area (Å²) in [4.78, 5) is 16.8. The van der Waals surface area contributed by atoms with Crippen molar-refractivity contribution in [3.8, 4) is 0 Å². The lowest BCUT2D eigenvalue weighted by Gasteiger charge is -2.31. The topological polar surface area (TPSA) is 73.0 Å². The predicted molar refractivity (Wildman–Crippen MR) is 103 cm³/mol. The Morgan fingerprint density at radius 3 is 2.46 bits per heavy atom. The Hall–Kier alpha value is -1.48. The standard InChI is InChI=1S/C18H30N4O3S/c1-15-6-7-16(26(24,25)22-12-10-21(4)11-13-22)14-17(15)18(23)19-8-5-9-20(2)3/h6-7,14H,5,8-13H2,1-4H3,(H,19,23). The number of rotatable bonds is 7. The fraction of sp³-hybridized carbons (Fsp3) is 0.611. The van der Waals surface area contributed by atoms with E-state index in [-0.39, 0.29) is 10.8 Å². The van der Waals surface area contributed by atoms with Crippen LogP contribution in [0.15, 0.2) is 23.1 Å². The fourth-order valence-corrected chi connectivity index (χ4v) is 4.33. The first-order valence-electron chi connectivity index (χ1n) is 8.94. The summed E-state index contributed by atoms with van der Waals surface area (Å²) in [5.41, 5.74) is 1.19. The van der Waals surface area contributed by atoms with Crippen molar-refractivity contribution < 1.29 is 13.2 Å². The molecule has 7 nitrogen and oxygen atoms in total. The van der Waals surface area contributed by atoms with Gasteiger partial charge in [0.05, 0.1) is 4.90 Å². The lowest BCUT2D eigenvalue weighted by atomic mass is 10.1. The van der Waals surface area contributed by atoms with Crippen molar-refractivity contribution in [2.24, 2.45) is 0 Å². The molecule has 26 heavy (non-hydrogen) atoms. The number of hydrogen-bond acceptors (Lipinski definition) is 5. The normalized spacial score (nSPS) is 16.8. The van der Waals surface area contributed by atoms with Crippen LogP contribution in [0.1, 0.15) is 22.3 Å². The number of carbonyl (C=O) groups excluding carboxylic acids is 1. The molecule has 1 N–H and O–H groups in total. The second kappa shape index (κ2) is 8.94. The Morgan fingerprint density at radius 1 is 1.19 bits per heavy atom. The van der Waals surface area contributed by atoms with Crippen molar-refractivity contribution >= 4 is 15.9 Å². The molecule has 1 aliphatic rings. The average molecular weight is 383 g/mol. The van der Waals surface area contributed by atoms with Crippen LogP contribution in [0.5, 0.6) is 0 Å². The lowest BCUT2D eigenvalue weighted by molar-refractivity contribution is 0.0951. The Bertz CT molecular complexity index is 726. The molecule has 1 aromatic carbocycles. The molecule has 8 heteroatoms.